The minimum Gasteiger partial charge on any atom is -0.379 e. The fourth-order valence-corrected chi connectivity index (χ4v) is 4.59. The molecule has 0 bridgehead atoms. The lowest BCUT2D eigenvalue weighted by atomic mass is 10.00. The highest BCUT2D eigenvalue weighted by Crippen LogP contribution is 2.26. The zero-order valence-corrected chi connectivity index (χ0v) is 16.7. The average molecular weight is 435 g/mol. The third kappa shape index (κ3) is 5.68. The number of halogens is 3. The van der Waals surface area contributed by atoms with Crippen LogP contribution in [0.3, 0.4) is 0 Å². The Hall–Kier alpha value is -1.69. The molecule has 0 unspecified atom stereocenters. The minimum absolute atomic E-state index is 0.0102. The van der Waals surface area contributed by atoms with E-state index in [0.29, 0.717) is 30.1 Å². The van der Waals surface area contributed by atoms with Crippen molar-refractivity contribution in [1.82, 2.24) is 14.5 Å². The summed E-state index contributed by atoms with van der Waals surface area (Å²) in [6.45, 7) is 3.71. The molecular formula is C18H24F3N3O4S. The van der Waals surface area contributed by atoms with E-state index < -0.39 is 22.1 Å². The number of hydrogen-bond acceptors (Lipinski definition) is 5. The Morgan fingerprint density at radius 2 is 1.86 bits per heavy atom. The molecule has 1 aromatic rings. The van der Waals surface area contributed by atoms with Crippen molar-refractivity contribution >= 4 is 15.9 Å². The number of benzene rings is 1. The lowest BCUT2D eigenvalue weighted by Crippen LogP contribution is -2.43. The van der Waals surface area contributed by atoms with Gasteiger partial charge in [0, 0.05) is 32.7 Å². The second-order valence-electron chi connectivity index (χ2n) is 7.11. The molecule has 3 rings (SSSR count). The first-order chi connectivity index (χ1) is 13.7. The molecule has 0 saturated carbocycles. The van der Waals surface area contributed by atoms with Crippen LogP contribution in [0.25, 0.3) is 0 Å². The lowest BCUT2D eigenvalue weighted by Gasteiger charge is -2.29. The summed E-state index contributed by atoms with van der Waals surface area (Å²) in [5.74, 6) is -1.90. The Labute approximate surface area is 167 Å². The Morgan fingerprint density at radius 1 is 1.14 bits per heavy atom. The van der Waals surface area contributed by atoms with Crippen LogP contribution in [0, 0.1) is 0 Å². The number of sulfonamides is 1. The van der Waals surface area contributed by atoms with Gasteiger partial charge in [0.05, 0.1) is 18.1 Å². The fourth-order valence-electron chi connectivity index (χ4n) is 3.47. The first-order valence-electron chi connectivity index (χ1n) is 9.44. The number of rotatable bonds is 6. The van der Waals surface area contributed by atoms with Gasteiger partial charge in [0.25, 0.3) is 0 Å². The number of alkyl halides is 3. The van der Waals surface area contributed by atoms with Gasteiger partial charge in [0.1, 0.15) is 0 Å². The Morgan fingerprint density at radius 3 is 2.55 bits per heavy atom. The van der Waals surface area contributed by atoms with Gasteiger partial charge in [-0.2, -0.15) is 13.2 Å². The van der Waals surface area contributed by atoms with Crippen LogP contribution < -0.4 is 4.72 Å². The average Bonchev–Trinajstić information content (AvgIpc) is 2.70. The molecule has 7 nitrogen and oxygen atoms in total. The lowest BCUT2D eigenvalue weighted by molar-refractivity contribution is -0.186. The highest BCUT2D eigenvalue weighted by atomic mass is 32.2. The Kier molecular flexibility index (Phi) is 6.82. The van der Waals surface area contributed by atoms with E-state index >= 15 is 0 Å². The predicted molar refractivity (Wildman–Crippen MR) is 98.7 cm³/mol. The molecule has 0 atom stereocenters. The van der Waals surface area contributed by atoms with Crippen molar-refractivity contribution in [2.75, 3.05) is 45.9 Å². The summed E-state index contributed by atoms with van der Waals surface area (Å²) >= 11 is 0. The number of ether oxygens (including phenoxy) is 1. The molecule has 2 heterocycles. The largest absolute Gasteiger partial charge is 0.471 e. The third-order valence-corrected chi connectivity index (χ3v) is 6.54. The number of fused-ring (bicyclic) bond motifs is 1. The maximum Gasteiger partial charge on any atom is 0.471 e. The Bertz CT molecular complexity index is 839. The summed E-state index contributed by atoms with van der Waals surface area (Å²) < 4.78 is 70.9. The molecule has 1 N–H and O–H groups in total. The highest BCUT2D eigenvalue weighted by molar-refractivity contribution is 7.89. The number of carbonyl (C=O) groups excluding carboxylic acids is 1. The van der Waals surface area contributed by atoms with Crippen molar-refractivity contribution in [1.29, 1.82) is 0 Å². The van der Waals surface area contributed by atoms with Gasteiger partial charge >= 0.3 is 12.1 Å². The molecular weight excluding hydrogens is 411 g/mol. The normalized spacial score (nSPS) is 18.5. The molecule has 11 heteroatoms. The van der Waals surface area contributed by atoms with Crippen LogP contribution in [-0.2, 0) is 32.5 Å². The molecule has 1 saturated heterocycles. The molecule has 0 aliphatic carbocycles. The maximum absolute atomic E-state index is 12.7. The molecule has 1 fully saturated rings. The minimum atomic E-state index is -4.94. The van der Waals surface area contributed by atoms with Gasteiger partial charge in [-0.15, -0.1) is 0 Å². The zero-order valence-electron chi connectivity index (χ0n) is 15.9. The highest BCUT2D eigenvalue weighted by Gasteiger charge is 2.43. The van der Waals surface area contributed by atoms with Crippen molar-refractivity contribution in [3.8, 4) is 0 Å². The van der Waals surface area contributed by atoms with Crippen LogP contribution in [0.1, 0.15) is 17.5 Å². The van der Waals surface area contributed by atoms with Gasteiger partial charge in [-0.25, -0.2) is 13.1 Å². The van der Waals surface area contributed by atoms with Crippen LogP contribution in [0.4, 0.5) is 13.2 Å². The zero-order chi connectivity index (χ0) is 21.1. The quantitative estimate of drug-likeness (QED) is 0.678. The van der Waals surface area contributed by atoms with E-state index in [9.17, 15) is 26.4 Å². The van der Waals surface area contributed by atoms with Crippen molar-refractivity contribution in [3.63, 3.8) is 0 Å². The summed E-state index contributed by atoms with van der Waals surface area (Å²) in [4.78, 5) is 14.4. The smallest absolute Gasteiger partial charge is 0.379 e. The van der Waals surface area contributed by atoms with E-state index in [1.807, 2.05) is 0 Å². The standard InChI is InChI=1S/C18H24F3N3O4S/c19-18(20,21)17(25)24-7-4-14-2-3-16(12-15(14)13-24)29(26,27)22-5-1-6-23-8-10-28-11-9-23/h2-3,12,22H,1,4-11,13H2. The molecule has 2 aliphatic heterocycles. The van der Waals surface area contributed by atoms with E-state index in [1.54, 1.807) is 6.07 Å². The van der Waals surface area contributed by atoms with E-state index in [1.165, 1.54) is 12.1 Å². The van der Waals surface area contributed by atoms with Crippen LogP contribution in [-0.4, -0.2) is 76.2 Å². The SMILES string of the molecule is O=C(N1CCc2ccc(S(=O)(=O)NCCCN3CCOCC3)cc2C1)C(F)(F)F. The number of nitrogens with zero attached hydrogens (tertiary/aromatic N) is 2. The topological polar surface area (TPSA) is 79.0 Å². The molecule has 1 amide bonds. The predicted octanol–water partition coefficient (Wildman–Crippen LogP) is 1.13. The first kappa shape index (κ1) is 22.0. The van der Waals surface area contributed by atoms with Crippen LogP contribution in [0.2, 0.25) is 0 Å². The molecule has 0 radical (unpaired) electrons. The van der Waals surface area contributed by atoms with Gasteiger partial charge in [-0.05, 0) is 42.6 Å². The van der Waals surface area contributed by atoms with Gasteiger partial charge in [0.2, 0.25) is 10.0 Å². The summed E-state index contributed by atoms with van der Waals surface area (Å²) in [5, 5.41) is 0. The first-order valence-corrected chi connectivity index (χ1v) is 10.9. The van der Waals surface area contributed by atoms with Crippen LogP contribution >= 0.6 is 0 Å². The van der Waals surface area contributed by atoms with E-state index in [4.69, 9.17) is 4.74 Å². The molecule has 2 aliphatic rings. The molecule has 29 heavy (non-hydrogen) atoms. The van der Waals surface area contributed by atoms with Gasteiger partial charge < -0.3 is 9.64 Å². The van der Waals surface area contributed by atoms with Crippen LogP contribution in [0.5, 0.6) is 0 Å². The van der Waals surface area contributed by atoms with Crippen molar-refractivity contribution in [2.45, 2.75) is 30.5 Å². The fraction of sp³-hybridized carbons (Fsp3) is 0.611. The number of nitrogens with one attached hydrogen (secondary N) is 1. The molecule has 162 valence electrons. The molecule has 0 aromatic heterocycles. The summed E-state index contributed by atoms with van der Waals surface area (Å²) in [6, 6.07) is 4.41. The van der Waals surface area contributed by atoms with Crippen molar-refractivity contribution < 1.29 is 31.1 Å². The van der Waals surface area contributed by atoms with Crippen molar-refractivity contribution in [2.24, 2.45) is 0 Å². The second-order valence-corrected chi connectivity index (χ2v) is 8.88. The van der Waals surface area contributed by atoms with Gasteiger partial charge in [0.15, 0.2) is 0 Å². The second kappa shape index (κ2) is 8.99. The van der Waals surface area contributed by atoms with E-state index in [0.717, 1.165) is 25.2 Å². The number of morpholine rings is 1. The molecule has 0 spiro atoms. The van der Waals surface area contributed by atoms with Gasteiger partial charge in [-0.3, -0.25) is 9.69 Å². The van der Waals surface area contributed by atoms with Crippen LogP contribution in [0.15, 0.2) is 23.1 Å². The Balaban J connectivity index is 1.60. The third-order valence-electron chi connectivity index (χ3n) is 5.08. The van der Waals surface area contributed by atoms with Crippen molar-refractivity contribution in [3.05, 3.63) is 29.3 Å². The number of amides is 1. The monoisotopic (exact) mass is 435 g/mol. The van der Waals surface area contributed by atoms with E-state index in [2.05, 4.69) is 9.62 Å². The maximum atomic E-state index is 12.7. The number of hydrogen-bond donors (Lipinski definition) is 1. The summed E-state index contributed by atoms with van der Waals surface area (Å²) in [6.07, 6.45) is -4.05. The summed E-state index contributed by atoms with van der Waals surface area (Å²) in [7, 11) is -3.78. The summed E-state index contributed by atoms with van der Waals surface area (Å²) in [5.41, 5.74) is 1.17. The van der Waals surface area contributed by atoms with E-state index in [-0.39, 0.29) is 31.0 Å². The van der Waals surface area contributed by atoms with Gasteiger partial charge in [-0.1, -0.05) is 6.07 Å². The number of carbonyl (C=O) groups is 1. The molecule has 1 aromatic carbocycles.